The minimum absolute atomic E-state index is 0.274. The SMILES string of the molecule is O=NCC/C=C\C=NO. The fourth-order valence-corrected chi connectivity index (χ4v) is 0.323. The maximum atomic E-state index is 9.47. The van der Waals surface area contributed by atoms with E-state index < -0.39 is 0 Å². The molecule has 1 N–H and O–H groups in total. The van der Waals surface area contributed by atoms with Gasteiger partial charge in [-0.25, -0.2) is 0 Å². The van der Waals surface area contributed by atoms with Gasteiger partial charge in [-0.05, 0) is 12.5 Å². The highest BCUT2D eigenvalue weighted by molar-refractivity contribution is 5.70. The Morgan fingerprint density at radius 1 is 1.56 bits per heavy atom. The highest BCUT2D eigenvalue weighted by Crippen LogP contribution is 1.80. The van der Waals surface area contributed by atoms with Crippen LogP contribution in [0.2, 0.25) is 0 Å². The highest BCUT2D eigenvalue weighted by atomic mass is 16.4. The standard InChI is InChI=1S/C5H8N2O2/c8-6-4-2-1-3-5-7-9/h1-2,4,8H,3,5H2/b2-1-,6-4?. The van der Waals surface area contributed by atoms with Crippen molar-refractivity contribution in [2.24, 2.45) is 10.3 Å². The molecule has 0 fully saturated rings. The number of allylic oxidation sites excluding steroid dienone is 1. The van der Waals surface area contributed by atoms with Crippen LogP contribution in [0.4, 0.5) is 0 Å². The second-order valence-electron chi connectivity index (χ2n) is 1.33. The van der Waals surface area contributed by atoms with Gasteiger partial charge in [-0.3, -0.25) is 0 Å². The van der Waals surface area contributed by atoms with Crippen molar-refractivity contribution in [3.05, 3.63) is 17.1 Å². The van der Waals surface area contributed by atoms with Crippen molar-refractivity contribution in [3.8, 4) is 0 Å². The maximum Gasteiger partial charge on any atom is 0.0845 e. The Hall–Kier alpha value is -1.19. The van der Waals surface area contributed by atoms with Crippen LogP contribution in [0.15, 0.2) is 22.5 Å². The van der Waals surface area contributed by atoms with Crippen molar-refractivity contribution < 1.29 is 5.21 Å². The van der Waals surface area contributed by atoms with Gasteiger partial charge >= 0.3 is 0 Å². The van der Waals surface area contributed by atoms with E-state index >= 15 is 0 Å². The zero-order valence-corrected chi connectivity index (χ0v) is 4.90. The van der Waals surface area contributed by atoms with E-state index in [2.05, 4.69) is 10.3 Å². The summed E-state index contributed by atoms with van der Waals surface area (Å²) in [6.07, 6.45) is 5.06. The summed E-state index contributed by atoms with van der Waals surface area (Å²) in [5.74, 6) is 0. The fourth-order valence-electron chi connectivity index (χ4n) is 0.323. The fraction of sp³-hybridized carbons (Fsp3) is 0.400. The summed E-state index contributed by atoms with van der Waals surface area (Å²) in [6, 6.07) is 0. The number of nitrogens with zero attached hydrogens (tertiary/aromatic N) is 2. The number of oxime groups is 1. The molecule has 0 spiro atoms. The number of hydrogen-bond donors (Lipinski definition) is 1. The average molecular weight is 128 g/mol. The Bertz CT molecular complexity index is 120. The molecule has 4 heteroatoms. The van der Waals surface area contributed by atoms with Gasteiger partial charge in [-0.1, -0.05) is 16.4 Å². The third-order valence-electron chi connectivity index (χ3n) is 0.676. The van der Waals surface area contributed by atoms with Crippen molar-refractivity contribution in [3.63, 3.8) is 0 Å². The molecule has 0 atom stereocenters. The van der Waals surface area contributed by atoms with Crippen LogP contribution in [0, 0.1) is 4.91 Å². The van der Waals surface area contributed by atoms with Crippen molar-refractivity contribution in [2.75, 3.05) is 6.54 Å². The van der Waals surface area contributed by atoms with E-state index in [4.69, 9.17) is 5.21 Å². The molecule has 0 unspecified atom stereocenters. The van der Waals surface area contributed by atoms with Crippen LogP contribution in [-0.2, 0) is 0 Å². The molecule has 0 radical (unpaired) electrons. The summed E-state index contributed by atoms with van der Waals surface area (Å²) in [4.78, 5) is 9.47. The molecule has 50 valence electrons. The van der Waals surface area contributed by atoms with E-state index in [-0.39, 0.29) is 6.54 Å². The van der Waals surface area contributed by atoms with E-state index in [1.165, 1.54) is 6.21 Å². The quantitative estimate of drug-likeness (QED) is 0.203. The van der Waals surface area contributed by atoms with Gasteiger partial charge in [0.1, 0.15) is 0 Å². The van der Waals surface area contributed by atoms with E-state index in [9.17, 15) is 4.91 Å². The maximum absolute atomic E-state index is 9.47. The van der Waals surface area contributed by atoms with Gasteiger partial charge in [0, 0.05) is 0 Å². The molecule has 4 nitrogen and oxygen atoms in total. The molecule has 0 aromatic carbocycles. The zero-order valence-electron chi connectivity index (χ0n) is 4.90. The van der Waals surface area contributed by atoms with Gasteiger partial charge in [0.25, 0.3) is 0 Å². The Kier molecular flexibility index (Phi) is 5.91. The van der Waals surface area contributed by atoms with E-state index in [0.29, 0.717) is 6.42 Å². The van der Waals surface area contributed by atoms with Gasteiger partial charge in [0.05, 0.1) is 12.8 Å². The first-order chi connectivity index (χ1) is 4.41. The molecule has 0 saturated heterocycles. The van der Waals surface area contributed by atoms with Crippen molar-refractivity contribution >= 4 is 6.21 Å². The summed E-state index contributed by atoms with van der Waals surface area (Å²) >= 11 is 0. The third kappa shape index (κ3) is 6.81. The summed E-state index contributed by atoms with van der Waals surface area (Å²) in [5.41, 5.74) is 0. The Balaban J connectivity index is 3.14. The van der Waals surface area contributed by atoms with Gasteiger partial charge < -0.3 is 5.21 Å². The van der Waals surface area contributed by atoms with Crippen molar-refractivity contribution in [2.45, 2.75) is 6.42 Å². The van der Waals surface area contributed by atoms with Crippen LogP contribution in [0.25, 0.3) is 0 Å². The largest absolute Gasteiger partial charge is 0.411 e. The van der Waals surface area contributed by atoms with Gasteiger partial charge in [-0.15, -0.1) is 0 Å². The van der Waals surface area contributed by atoms with Gasteiger partial charge in [0.2, 0.25) is 0 Å². The number of nitroso groups, excluding NO2 is 1. The van der Waals surface area contributed by atoms with E-state index in [1.807, 2.05) is 0 Å². The normalized spacial score (nSPS) is 11.1. The lowest BCUT2D eigenvalue weighted by Crippen LogP contribution is -1.72. The molecule has 0 aromatic rings. The van der Waals surface area contributed by atoms with Crippen LogP contribution < -0.4 is 0 Å². The molecule has 0 rings (SSSR count). The molecule has 0 aliphatic heterocycles. The predicted octanol–water partition coefficient (Wildman–Crippen LogP) is 1.16. The van der Waals surface area contributed by atoms with Crippen LogP contribution in [0.1, 0.15) is 6.42 Å². The van der Waals surface area contributed by atoms with Crippen molar-refractivity contribution in [1.82, 2.24) is 0 Å². The molecular weight excluding hydrogens is 120 g/mol. The summed E-state index contributed by atoms with van der Waals surface area (Å²) in [5, 5.41) is 13.2. The Labute approximate surface area is 52.8 Å². The lowest BCUT2D eigenvalue weighted by Gasteiger charge is -1.76. The summed E-state index contributed by atoms with van der Waals surface area (Å²) in [6.45, 7) is 0.274. The Morgan fingerprint density at radius 3 is 2.89 bits per heavy atom. The molecule has 0 amide bonds. The third-order valence-corrected chi connectivity index (χ3v) is 0.676. The van der Waals surface area contributed by atoms with Gasteiger partial charge in [0.15, 0.2) is 0 Å². The zero-order chi connectivity index (χ0) is 6.95. The average Bonchev–Trinajstić information content (AvgIpc) is 1.89. The molecule has 0 heterocycles. The van der Waals surface area contributed by atoms with Crippen molar-refractivity contribution in [1.29, 1.82) is 0 Å². The lowest BCUT2D eigenvalue weighted by atomic mass is 10.4. The second-order valence-corrected chi connectivity index (χ2v) is 1.33. The van der Waals surface area contributed by atoms with Crippen LogP contribution in [0.5, 0.6) is 0 Å². The topological polar surface area (TPSA) is 62.0 Å². The second kappa shape index (κ2) is 6.81. The molecule has 0 aromatic heterocycles. The monoisotopic (exact) mass is 128 g/mol. The minimum Gasteiger partial charge on any atom is -0.411 e. The lowest BCUT2D eigenvalue weighted by molar-refractivity contribution is 0.322. The summed E-state index contributed by atoms with van der Waals surface area (Å²) < 4.78 is 0. The first-order valence-corrected chi connectivity index (χ1v) is 2.53. The number of hydrogen-bond acceptors (Lipinski definition) is 4. The van der Waals surface area contributed by atoms with E-state index in [1.54, 1.807) is 12.2 Å². The molecule has 0 saturated carbocycles. The highest BCUT2D eigenvalue weighted by Gasteiger charge is 1.74. The van der Waals surface area contributed by atoms with E-state index in [0.717, 1.165) is 0 Å². The van der Waals surface area contributed by atoms with Crippen LogP contribution in [0.3, 0.4) is 0 Å². The molecule has 0 aliphatic rings. The Morgan fingerprint density at radius 2 is 2.33 bits per heavy atom. The van der Waals surface area contributed by atoms with Crippen LogP contribution in [-0.4, -0.2) is 18.0 Å². The minimum atomic E-state index is 0.274. The summed E-state index contributed by atoms with van der Waals surface area (Å²) in [7, 11) is 0. The smallest absolute Gasteiger partial charge is 0.0845 e. The first kappa shape index (κ1) is 7.81. The molecule has 0 bridgehead atoms. The van der Waals surface area contributed by atoms with Gasteiger partial charge in [-0.2, -0.15) is 4.91 Å². The molecular formula is C5H8N2O2. The van der Waals surface area contributed by atoms with Crippen LogP contribution >= 0.6 is 0 Å². The number of rotatable bonds is 4. The predicted molar refractivity (Wildman–Crippen MR) is 34.7 cm³/mol. The molecule has 0 aliphatic carbocycles. The molecule has 9 heavy (non-hydrogen) atoms. The first-order valence-electron chi connectivity index (χ1n) is 2.53.